The van der Waals surface area contributed by atoms with Crippen molar-refractivity contribution in [3.8, 4) is 11.5 Å². The summed E-state index contributed by atoms with van der Waals surface area (Å²) in [5, 5.41) is 0. The minimum absolute atomic E-state index is 0.337. The van der Waals surface area contributed by atoms with Gasteiger partial charge in [-0.2, -0.15) is 0 Å². The predicted octanol–water partition coefficient (Wildman–Crippen LogP) is 2.04. The van der Waals surface area contributed by atoms with Gasteiger partial charge in [0.2, 0.25) is 0 Å². The van der Waals surface area contributed by atoms with Crippen LogP contribution in [0.4, 0.5) is 0 Å². The number of hydrogen-bond acceptors (Lipinski definition) is 4. The molecule has 92 valence electrons. The van der Waals surface area contributed by atoms with Gasteiger partial charge in [0.25, 0.3) is 0 Å². The van der Waals surface area contributed by atoms with E-state index in [0.29, 0.717) is 11.5 Å². The van der Waals surface area contributed by atoms with Gasteiger partial charge in [-0.25, -0.2) is 0 Å². The molecule has 0 atom stereocenters. The highest BCUT2D eigenvalue weighted by atomic mass is 16.5. The zero-order valence-corrected chi connectivity index (χ0v) is 10.0. The minimum Gasteiger partial charge on any atom is -0.493 e. The largest absolute Gasteiger partial charge is 0.493 e. The zero-order valence-electron chi connectivity index (χ0n) is 10.0. The SMILES string of the molecule is COc1ccncc1OCC12CCOC(C1)C2. The monoisotopic (exact) mass is 235 g/mol. The van der Waals surface area contributed by atoms with Crippen molar-refractivity contribution >= 4 is 0 Å². The van der Waals surface area contributed by atoms with Gasteiger partial charge >= 0.3 is 0 Å². The number of pyridine rings is 1. The first-order valence-electron chi connectivity index (χ1n) is 6.04. The lowest BCUT2D eigenvalue weighted by molar-refractivity contribution is -0.160. The van der Waals surface area contributed by atoms with Gasteiger partial charge in [0.05, 0.1) is 26.0 Å². The van der Waals surface area contributed by atoms with Gasteiger partial charge in [0, 0.05) is 24.3 Å². The first kappa shape index (κ1) is 10.8. The molecule has 1 saturated carbocycles. The molecule has 4 rings (SSSR count). The van der Waals surface area contributed by atoms with Gasteiger partial charge in [0.1, 0.15) is 0 Å². The lowest BCUT2D eigenvalue weighted by atomic mass is 9.63. The maximum Gasteiger partial charge on any atom is 0.179 e. The summed E-state index contributed by atoms with van der Waals surface area (Å²) >= 11 is 0. The molecular weight excluding hydrogens is 218 g/mol. The van der Waals surface area contributed by atoms with E-state index < -0.39 is 0 Å². The van der Waals surface area contributed by atoms with Crippen molar-refractivity contribution < 1.29 is 14.2 Å². The van der Waals surface area contributed by atoms with E-state index in [9.17, 15) is 0 Å². The van der Waals surface area contributed by atoms with Crippen molar-refractivity contribution in [2.24, 2.45) is 5.41 Å². The maximum absolute atomic E-state index is 5.87. The van der Waals surface area contributed by atoms with Crippen LogP contribution in [-0.2, 0) is 4.74 Å². The Kier molecular flexibility index (Phi) is 2.67. The predicted molar refractivity (Wildman–Crippen MR) is 62.3 cm³/mol. The van der Waals surface area contributed by atoms with Crippen LogP contribution in [0, 0.1) is 5.41 Å². The Morgan fingerprint density at radius 3 is 3.06 bits per heavy atom. The van der Waals surface area contributed by atoms with Crippen LogP contribution in [0.3, 0.4) is 0 Å². The average molecular weight is 235 g/mol. The Bertz CT molecular complexity index is 396. The van der Waals surface area contributed by atoms with Crippen molar-refractivity contribution in [3.05, 3.63) is 18.5 Å². The fourth-order valence-electron chi connectivity index (χ4n) is 2.74. The molecule has 4 heteroatoms. The second-order valence-electron chi connectivity index (χ2n) is 4.97. The molecule has 1 aromatic heterocycles. The third kappa shape index (κ3) is 1.97. The molecule has 3 heterocycles. The van der Waals surface area contributed by atoms with Crippen molar-refractivity contribution in [3.63, 3.8) is 0 Å². The Labute approximate surface area is 101 Å². The van der Waals surface area contributed by atoms with Crippen molar-refractivity contribution in [1.82, 2.24) is 4.98 Å². The standard InChI is InChI=1S/C13H17NO3/c1-15-11-2-4-14-8-12(11)17-9-13-3-5-16-10(6-13)7-13/h2,4,8,10H,3,5-7,9H2,1H3. The van der Waals surface area contributed by atoms with Crippen LogP contribution in [0.5, 0.6) is 11.5 Å². The zero-order chi connectivity index (χ0) is 11.7. The molecule has 4 nitrogen and oxygen atoms in total. The number of aromatic nitrogens is 1. The van der Waals surface area contributed by atoms with Crippen LogP contribution in [-0.4, -0.2) is 31.4 Å². The van der Waals surface area contributed by atoms with Gasteiger partial charge in [-0.3, -0.25) is 4.98 Å². The van der Waals surface area contributed by atoms with Gasteiger partial charge in [0.15, 0.2) is 11.5 Å². The summed E-state index contributed by atoms with van der Waals surface area (Å²) in [7, 11) is 1.65. The maximum atomic E-state index is 5.87. The number of nitrogens with zero attached hydrogens (tertiary/aromatic N) is 1. The summed E-state index contributed by atoms with van der Waals surface area (Å²) in [6, 6.07) is 1.82. The smallest absolute Gasteiger partial charge is 0.179 e. The second kappa shape index (κ2) is 4.18. The lowest BCUT2D eigenvalue weighted by Gasteiger charge is -2.51. The average Bonchev–Trinajstić information content (AvgIpc) is 2.36. The molecule has 3 aliphatic rings. The summed E-state index contributed by atoms with van der Waals surface area (Å²) in [6.45, 7) is 1.62. The molecule has 2 saturated heterocycles. The lowest BCUT2D eigenvalue weighted by Crippen LogP contribution is -2.51. The highest BCUT2D eigenvalue weighted by molar-refractivity contribution is 5.36. The minimum atomic E-state index is 0.337. The van der Waals surface area contributed by atoms with Crippen molar-refractivity contribution in [2.45, 2.75) is 25.4 Å². The van der Waals surface area contributed by atoms with E-state index in [1.54, 1.807) is 19.5 Å². The number of rotatable bonds is 4. The van der Waals surface area contributed by atoms with Crippen molar-refractivity contribution in [2.75, 3.05) is 20.3 Å². The molecule has 3 fully saturated rings. The topological polar surface area (TPSA) is 40.6 Å². The molecule has 17 heavy (non-hydrogen) atoms. The molecule has 0 aromatic carbocycles. The van der Waals surface area contributed by atoms with E-state index in [-0.39, 0.29) is 0 Å². The van der Waals surface area contributed by atoms with Crippen LogP contribution in [0.2, 0.25) is 0 Å². The molecule has 0 radical (unpaired) electrons. The van der Waals surface area contributed by atoms with Gasteiger partial charge < -0.3 is 14.2 Å². The summed E-state index contributed by atoms with van der Waals surface area (Å²) in [6.07, 6.45) is 7.27. The second-order valence-corrected chi connectivity index (χ2v) is 4.97. The number of hydrogen-bond donors (Lipinski definition) is 0. The molecule has 0 spiro atoms. The Morgan fingerprint density at radius 2 is 2.35 bits per heavy atom. The third-order valence-corrected chi connectivity index (χ3v) is 3.81. The van der Waals surface area contributed by atoms with Gasteiger partial charge in [-0.05, 0) is 19.3 Å². The summed E-state index contributed by atoms with van der Waals surface area (Å²) in [5.41, 5.74) is 0.337. The fraction of sp³-hybridized carbons (Fsp3) is 0.615. The first-order valence-corrected chi connectivity index (χ1v) is 6.04. The van der Waals surface area contributed by atoms with Gasteiger partial charge in [-0.15, -0.1) is 0 Å². The summed E-state index contributed by atoms with van der Waals surface area (Å²) < 4.78 is 16.7. The van der Waals surface area contributed by atoms with Crippen LogP contribution < -0.4 is 9.47 Å². The van der Waals surface area contributed by atoms with Crippen molar-refractivity contribution in [1.29, 1.82) is 0 Å². The molecule has 1 aromatic rings. The quantitative estimate of drug-likeness (QED) is 0.800. The molecular formula is C13H17NO3. The molecule has 2 bridgehead atoms. The fourth-order valence-corrected chi connectivity index (χ4v) is 2.74. The van der Waals surface area contributed by atoms with E-state index >= 15 is 0 Å². The van der Waals surface area contributed by atoms with E-state index in [1.807, 2.05) is 6.07 Å². The first-order chi connectivity index (χ1) is 8.31. The molecule has 2 aliphatic heterocycles. The van der Waals surface area contributed by atoms with E-state index in [2.05, 4.69) is 4.98 Å². The van der Waals surface area contributed by atoms with Crippen LogP contribution in [0.25, 0.3) is 0 Å². The molecule has 0 N–H and O–H groups in total. The van der Waals surface area contributed by atoms with Crippen LogP contribution in [0.15, 0.2) is 18.5 Å². The number of fused-ring (bicyclic) bond motifs is 2. The van der Waals surface area contributed by atoms with Crippen LogP contribution >= 0.6 is 0 Å². The number of methoxy groups -OCH3 is 1. The summed E-state index contributed by atoms with van der Waals surface area (Å²) in [4.78, 5) is 4.06. The molecule has 1 aliphatic carbocycles. The molecule has 0 amide bonds. The third-order valence-electron chi connectivity index (χ3n) is 3.81. The van der Waals surface area contributed by atoms with E-state index in [0.717, 1.165) is 44.0 Å². The summed E-state index contributed by atoms with van der Waals surface area (Å²) in [5.74, 6) is 1.48. The van der Waals surface area contributed by atoms with Crippen LogP contribution in [0.1, 0.15) is 19.3 Å². The highest BCUT2D eigenvalue weighted by Gasteiger charge is 2.48. The number of ether oxygens (including phenoxy) is 3. The normalized spacial score (nSPS) is 30.5. The van der Waals surface area contributed by atoms with E-state index in [4.69, 9.17) is 14.2 Å². The Balaban J connectivity index is 1.64. The molecule has 0 unspecified atom stereocenters. The Hall–Kier alpha value is -1.29. The van der Waals surface area contributed by atoms with Gasteiger partial charge in [-0.1, -0.05) is 0 Å². The highest BCUT2D eigenvalue weighted by Crippen LogP contribution is 2.49. The van der Waals surface area contributed by atoms with E-state index in [1.165, 1.54) is 0 Å². The Morgan fingerprint density at radius 1 is 1.47 bits per heavy atom.